The van der Waals surface area contributed by atoms with Crippen LogP contribution in [0.2, 0.25) is 0 Å². The number of carbonyl (C=O) groups is 2. The van der Waals surface area contributed by atoms with Crippen molar-refractivity contribution in [3.05, 3.63) is 70.3 Å². The molecule has 4 heteroatoms. The van der Waals surface area contributed by atoms with Crippen LogP contribution in [0.15, 0.2) is 42.5 Å². The van der Waals surface area contributed by atoms with Gasteiger partial charge in [-0.1, -0.05) is 30.3 Å². The molecule has 1 aliphatic carbocycles. The molecule has 130 valence electrons. The van der Waals surface area contributed by atoms with Gasteiger partial charge >= 0.3 is 11.9 Å². The second-order valence-corrected chi connectivity index (χ2v) is 6.52. The zero-order valence-electron chi connectivity index (χ0n) is 14.3. The van der Waals surface area contributed by atoms with E-state index in [4.69, 9.17) is 0 Å². The van der Waals surface area contributed by atoms with Crippen LogP contribution >= 0.6 is 0 Å². The summed E-state index contributed by atoms with van der Waals surface area (Å²) in [4.78, 5) is 23.3. The van der Waals surface area contributed by atoms with Gasteiger partial charge in [-0.2, -0.15) is 0 Å². The maximum absolute atomic E-state index is 11.8. The molecule has 0 saturated carbocycles. The highest BCUT2D eigenvalue weighted by Gasteiger charge is 2.22. The summed E-state index contributed by atoms with van der Waals surface area (Å²) >= 11 is 0. The number of aryl methyl sites for hydroxylation is 2. The molecule has 0 heterocycles. The topological polar surface area (TPSA) is 63.6 Å². The molecule has 1 atom stereocenters. The molecular formula is C21H22O4. The van der Waals surface area contributed by atoms with Gasteiger partial charge in [-0.15, -0.1) is 0 Å². The highest BCUT2D eigenvalue weighted by Crippen LogP contribution is 2.28. The van der Waals surface area contributed by atoms with Gasteiger partial charge in [0, 0.05) is 0 Å². The van der Waals surface area contributed by atoms with E-state index < -0.39 is 17.9 Å². The summed E-state index contributed by atoms with van der Waals surface area (Å²) in [6, 6.07) is 13.0. The fourth-order valence-corrected chi connectivity index (χ4v) is 3.45. The van der Waals surface area contributed by atoms with Crippen LogP contribution in [0.25, 0.3) is 0 Å². The molecule has 1 unspecified atom stereocenters. The lowest BCUT2D eigenvalue weighted by molar-refractivity contribution is -0.138. The van der Waals surface area contributed by atoms with Gasteiger partial charge < -0.3 is 9.84 Å². The fraction of sp³-hybridized carbons (Fsp3) is 0.333. The van der Waals surface area contributed by atoms with Crippen LogP contribution < -0.4 is 0 Å². The zero-order valence-corrected chi connectivity index (χ0v) is 14.3. The van der Waals surface area contributed by atoms with Gasteiger partial charge in [-0.3, -0.25) is 4.79 Å². The van der Waals surface area contributed by atoms with Gasteiger partial charge in [-0.25, -0.2) is 4.79 Å². The number of fused-ring (bicyclic) bond motifs is 1. The van der Waals surface area contributed by atoms with E-state index in [-0.39, 0.29) is 0 Å². The van der Waals surface area contributed by atoms with E-state index in [1.54, 1.807) is 24.3 Å². The Morgan fingerprint density at radius 3 is 2.36 bits per heavy atom. The van der Waals surface area contributed by atoms with Gasteiger partial charge in [0.2, 0.25) is 0 Å². The molecule has 0 fully saturated rings. The summed E-state index contributed by atoms with van der Waals surface area (Å²) in [7, 11) is 1.34. The maximum Gasteiger partial charge on any atom is 0.337 e. The lowest BCUT2D eigenvalue weighted by Gasteiger charge is -2.19. The number of ether oxygens (including phenoxy) is 1. The SMILES string of the molecule is COC(=O)c1ccc(CC(C(=O)O)c2ccc3c(c2)CCCC3)cc1. The van der Waals surface area contributed by atoms with Crippen molar-refractivity contribution in [2.24, 2.45) is 0 Å². The molecule has 1 aliphatic rings. The Labute approximate surface area is 147 Å². The number of rotatable bonds is 5. The molecule has 0 radical (unpaired) electrons. The Morgan fingerprint density at radius 2 is 1.72 bits per heavy atom. The first-order valence-electron chi connectivity index (χ1n) is 8.60. The summed E-state index contributed by atoms with van der Waals surface area (Å²) in [6.07, 6.45) is 4.89. The van der Waals surface area contributed by atoms with Crippen LogP contribution in [0.4, 0.5) is 0 Å². The van der Waals surface area contributed by atoms with Crippen molar-refractivity contribution in [2.45, 2.75) is 38.0 Å². The van der Waals surface area contributed by atoms with Gasteiger partial charge in [0.25, 0.3) is 0 Å². The molecule has 2 aromatic carbocycles. The average Bonchev–Trinajstić information content (AvgIpc) is 2.65. The van der Waals surface area contributed by atoms with E-state index in [2.05, 4.69) is 16.9 Å². The van der Waals surface area contributed by atoms with Gasteiger partial charge in [0.15, 0.2) is 0 Å². The Kier molecular flexibility index (Phi) is 5.17. The van der Waals surface area contributed by atoms with Gasteiger partial charge in [0.05, 0.1) is 18.6 Å². The average molecular weight is 338 g/mol. The van der Waals surface area contributed by atoms with Crippen LogP contribution in [0.5, 0.6) is 0 Å². The number of esters is 1. The standard InChI is InChI=1S/C21H22O4/c1-25-21(24)16-8-6-14(7-9-16)12-19(20(22)23)18-11-10-15-4-2-3-5-17(15)13-18/h6-11,13,19H,2-5,12H2,1H3,(H,22,23). The molecule has 1 N–H and O–H groups in total. The molecule has 4 nitrogen and oxygen atoms in total. The zero-order chi connectivity index (χ0) is 17.8. The minimum atomic E-state index is -0.826. The molecule has 0 saturated heterocycles. The summed E-state index contributed by atoms with van der Waals surface area (Å²) in [5.74, 6) is -1.81. The van der Waals surface area contributed by atoms with E-state index in [0.717, 1.165) is 24.0 Å². The van der Waals surface area contributed by atoms with Crippen molar-refractivity contribution in [1.29, 1.82) is 0 Å². The third-order valence-electron chi connectivity index (χ3n) is 4.89. The molecule has 0 bridgehead atoms. The van der Waals surface area contributed by atoms with E-state index in [1.807, 2.05) is 6.07 Å². The first-order chi connectivity index (χ1) is 12.1. The second kappa shape index (κ2) is 7.51. The van der Waals surface area contributed by atoms with Crippen LogP contribution in [0, 0.1) is 0 Å². The third kappa shape index (κ3) is 3.90. The predicted octanol–water partition coefficient (Wildman–Crippen LogP) is 3.76. The number of hydrogen-bond acceptors (Lipinski definition) is 3. The Hall–Kier alpha value is -2.62. The first-order valence-corrected chi connectivity index (χ1v) is 8.60. The number of carbonyl (C=O) groups excluding carboxylic acids is 1. The van der Waals surface area contributed by atoms with Crippen molar-refractivity contribution in [3.8, 4) is 0 Å². The summed E-state index contributed by atoms with van der Waals surface area (Å²) in [5, 5.41) is 9.70. The Bertz CT molecular complexity index is 777. The molecule has 0 aromatic heterocycles. The Morgan fingerprint density at radius 1 is 1.04 bits per heavy atom. The quantitative estimate of drug-likeness (QED) is 0.843. The highest BCUT2D eigenvalue weighted by molar-refractivity contribution is 5.89. The van der Waals surface area contributed by atoms with Gasteiger partial charge in [-0.05, 0) is 66.5 Å². The Balaban J connectivity index is 1.82. The second-order valence-electron chi connectivity index (χ2n) is 6.52. The number of benzene rings is 2. The monoisotopic (exact) mass is 338 g/mol. The molecule has 2 aromatic rings. The summed E-state index contributed by atoms with van der Waals surface area (Å²) < 4.78 is 4.68. The maximum atomic E-state index is 11.8. The smallest absolute Gasteiger partial charge is 0.337 e. The molecule has 0 amide bonds. The van der Waals surface area contributed by atoms with Crippen molar-refractivity contribution >= 4 is 11.9 Å². The number of aliphatic carboxylic acids is 1. The van der Waals surface area contributed by atoms with Gasteiger partial charge in [0.1, 0.15) is 0 Å². The third-order valence-corrected chi connectivity index (χ3v) is 4.89. The van der Waals surface area contributed by atoms with Crippen LogP contribution in [0.3, 0.4) is 0 Å². The molecular weight excluding hydrogens is 316 g/mol. The van der Waals surface area contributed by atoms with Crippen molar-refractivity contribution < 1.29 is 19.4 Å². The van der Waals surface area contributed by atoms with E-state index in [0.29, 0.717) is 12.0 Å². The van der Waals surface area contributed by atoms with Crippen molar-refractivity contribution in [2.75, 3.05) is 7.11 Å². The molecule has 3 rings (SSSR count). The van der Waals surface area contributed by atoms with Crippen LogP contribution in [0.1, 0.15) is 51.4 Å². The minimum Gasteiger partial charge on any atom is -0.481 e. The molecule has 25 heavy (non-hydrogen) atoms. The van der Waals surface area contributed by atoms with Crippen molar-refractivity contribution in [1.82, 2.24) is 0 Å². The van der Waals surface area contributed by atoms with Crippen LogP contribution in [-0.4, -0.2) is 24.2 Å². The predicted molar refractivity (Wildman–Crippen MR) is 94.9 cm³/mol. The number of hydrogen-bond donors (Lipinski definition) is 1. The fourth-order valence-electron chi connectivity index (χ4n) is 3.45. The van der Waals surface area contributed by atoms with Crippen LogP contribution in [-0.2, 0) is 28.8 Å². The molecule has 0 aliphatic heterocycles. The first kappa shape index (κ1) is 17.2. The minimum absolute atomic E-state index is 0.393. The van der Waals surface area contributed by atoms with E-state index in [9.17, 15) is 14.7 Å². The number of methoxy groups -OCH3 is 1. The lowest BCUT2D eigenvalue weighted by atomic mass is 9.85. The number of carboxylic acid groups (broad SMARTS) is 1. The normalized spacial score (nSPS) is 14.4. The summed E-state index contributed by atoms with van der Waals surface area (Å²) in [5.41, 5.74) is 4.84. The van der Waals surface area contributed by atoms with E-state index in [1.165, 1.54) is 31.1 Å². The largest absolute Gasteiger partial charge is 0.481 e. The highest BCUT2D eigenvalue weighted by atomic mass is 16.5. The lowest BCUT2D eigenvalue weighted by Crippen LogP contribution is -2.16. The number of carboxylic acids is 1. The summed E-state index contributed by atoms with van der Waals surface area (Å²) in [6.45, 7) is 0. The van der Waals surface area contributed by atoms with Crippen molar-refractivity contribution in [3.63, 3.8) is 0 Å². The molecule has 0 spiro atoms. The van der Waals surface area contributed by atoms with E-state index >= 15 is 0 Å².